The highest BCUT2D eigenvalue weighted by Gasteiger charge is 2.29. The van der Waals surface area contributed by atoms with E-state index in [1.54, 1.807) is 18.4 Å². The predicted octanol–water partition coefficient (Wildman–Crippen LogP) is 4.39. The van der Waals surface area contributed by atoms with Gasteiger partial charge in [-0.1, -0.05) is 19.3 Å². The first-order chi connectivity index (χ1) is 15.2. The van der Waals surface area contributed by atoms with Gasteiger partial charge in [0.2, 0.25) is 5.91 Å². The van der Waals surface area contributed by atoms with Crippen LogP contribution in [0, 0.1) is 5.92 Å². The van der Waals surface area contributed by atoms with E-state index in [-0.39, 0.29) is 5.92 Å². The quantitative estimate of drug-likeness (QED) is 0.656. The molecule has 1 N–H and O–H groups in total. The van der Waals surface area contributed by atoms with Gasteiger partial charge in [0.15, 0.2) is 0 Å². The first-order valence-electron chi connectivity index (χ1n) is 11.4. The number of rotatable bonds is 8. The van der Waals surface area contributed by atoms with E-state index >= 15 is 0 Å². The van der Waals surface area contributed by atoms with E-state index in [1.807, 2.05) is 24.3 Å². The maximum absolute atomic E-state index is 12.7. The molecule has 0 bridgehead atoms. The van der Waals surface area contributed by atoms with Crippen LogP contribution in [0.3, 0.4) is 0 Å². The monoisotopic (exact) mass is 443 g/mol. The molecule has 1 aromatic heterocycles. The minimum Gasteiger partial charge on any atom is -0.497 e. The van der Waals surface area contributed by atoms with Crippen LogP contribution in [-0.4, -0.2) is 42.0 Å². The highest BCUT2D eigenvalue weighted by atomic mass is 32.1. The largest absolute Gasteiger partial charge is 0.497 e. The molecule has 1 saturated heterocycles. The third-order valence-corrected chi connectivity index (χ3v) is 7.23. The summed E-state index contributed by atoms with van der Waals surface area (Å²) < 4.78 is 11.0. The number of amides is 1. The molecule has 2 aromatic rings. The molecule has 31 heavy (non-hydrogen) atoms. The zero-order valence-corrected chi connectivity index (χ0v) is 19.2. The molecule has 0 radical (unpaired) electrons. The van der Waals surface area contributed by atoms with Gasteiger partial charge in [-0.05, 0) is 49.9 Å². The molecule has 2 heterocycles. The number of hydrogen-bond acceptors (Lipinski definition) is 6. The summed E-state index contributed by atoms with van der Waals surface area (Å²) in [6, 6.07) is 8.04. The standard InChI is InChI=1S/C24H33N3O3S/c1-29-21-7-9-22(10-8-21)30-16-23-26-20(17-31-23)15-25-19-11-13-27(14-12-19)24(28)18-5-3-2-4-6-18/h7-10,17-19,25H,2-6,11-16H2,1H3. The topological polar surface area (TPSA) is 63.7 Å². The number of nitrogens with zero attached hydrogens (tertiary/aromatic N) is 2. The lowest BCUT2D eigenvalue weighted by Gasteiger charge is -2.35. The summed E-state index contributed by atoms with van der Waals surface area (Å²) in [5.74, 6) is 2.32. The molecular formula is C24H33N3O3S. The Bertz CT molecular complexity index is 825. The van der Waals surface area contributed by atoms with Crippen molar-refractivity contribution in [2.45, 2.75) is 64.1 Å². The van der Waals surface area contributed by atoms with Gasteiger partial charge in [-0.2, -0.15) is 0 Å². The van der Waals surface area contributed by atoms with E-state index in [0.717, 1.165) is 67.5 Å². The van der Waals surface area contributed by atoms with Crippen LogP contribution in [0.15, 0.2) is 29.6 Å². The predicted molar refractivity (Wildman–Crippen MR) is 122 cm³/mol. The minimum absolute atomic E-state index is 0.284. The van der Waals surface area contributed by atoms with E-state index < -0.39 is 0 Å². The smallest absolute Gasteiger partial charge is 0.225 e. The number of ether oxygens (including phenoxy) is 2. The summed E-state index contributed by atoms with van der Waals surface area (Å²) in [7, 11) is 1.65. The molecule has 1 saturated carbocycles. The number of aromatic nitrogens is 1. The maximum Gasteiger partial charge on any atom is 0.225 e. The summed E-state index contributed by atoms with van der Waals surface area (Å²) in [5.41, 5.74) is 1.05. The lowest BCUT2D eigenvalue weighted by atomic mass is 9.87. The van der Waals surface area contributed by atoms with Crippen molar-refractivity contribution in [3.05, 3.63) is 40.3 Å². The third-order valence-electron chi connectivity index (χ3n) is 6.35. The fraction of sp³-hybridized carbons (Fsp3) is 0.583. The highest BCUT2D eigenvalue weighted by molar-refractivity contribution is 7.09. The van der Waals surface area contributed by atoms with E-state index in [4.69, 9.17) is 9.47 Å². The fourth-order valence-electron chi connectivity index (χ4n) is 4.47. The van der Waals surface area contributed by atoms with Crippen LogP contribution in [0.4, 0.5) is 0 Å². The fourth-order valence-corrected chi connectivity index (χ4v) is 5.18. The van der Waals surface area contributed by atoms with Crippen LogP contribution in [0.5, 0.6) is 11.5 Å². The van der Waals surface area contributed by atoms with Gasteiger partial charge >= 0.3 is 0 Å². The van der Waals surface area contributed by atoms with Gasteiger partial charge in [0.1, 0.15) is 23.1 Å². The molecule has 1 aliphatic heterocycles. The molecule has 1 amide bonds. The Balaban J connectivity index is 1.16. The molecule has 1 aliphatic carbocycles. The van der Waals surface area contributed by atoms with E-state index in [0.29, 0.717) is 18.6 Å². The Kier molecular flexibility index (Phi) is 7.81. The van der Waals surface area contributed by atoms with Gasteiger partial charge in [-0.3, -0.25) is 4.79 Å². The first-order valence-corrected chi connectivity index (χ1v) is 12.3. The zero-order chi connectivity index (χ0) is 21.5. The number of likely N-dealkylation sites (tertiary alicyclic amines) is 1. The number of piperidine rings is 1. The van der Waals surface area contributed by atoms with Crippen LogP contribution in [0.1, 0.15) is 55.6 Å². The summed E-state index contributed by atoms with van der Waals surface area (Å²) in [6.45, 7) is 3.00. The Hall–Kier alpha value is -2.12. The first kappa shape index (κ1) is 22.1. The number of carbonyl (C=O) groups excluding carboxylic acids is 1. The summed E-state index contributed by atoms with van der Waals surface area (Å²) in [5, 5.41) is 6.70. The van der Waals surface area contributed by atoms with Gasteiger partial charge in [0, 0.05) is 37.0 Å². The average Bonchev–Trinajstić information content (AvgIpc) is 3.30. The Morgan fingerprint density at radius 2 is 1.81 bits per heavy atom. The van der Waals surface area contributed by atoms with Crippen LogP contribution in [0.25, 0.3) is 0 Å². The second-order valence-corrected chi connectivity index (χ2v) is 9.45. The van der Waals surface area contributed by atoms with Gasteiger partial charge < -0.3 is 19.7 Å². The average molecular weight is 444 g/mol. The second-order valence-electron chi connectivity index (χ2n) is 8.51. The van der Waals surface area contributed by atoms with Crippen molar-refractivity contribution in [1.82, 2.24) is 15.2 Å². The van der Waals surface area contributed by atoms with Gasteiger partial charge in [0.25, 0.3) is 0 Å². The molecule has 168 valence electrons. The molecule has 2 fully saturated rings. The zero-order valence-electron chi connectivity index (χ0n) is 18.3. The molecule has 0 unspecified atom stereocenters. The van der Waals surface area contributed by atoms with Crippen molar-refractivity contribution >= 4 is 17.2 Å². The summed E-state index contributed by atoms with van der Waals surface area (Å²) in [4.78, 5) is 19.5. The molecule has 6 nitrogen and oxygen atoms in total. The minimum atomic E-state index is 0.284. The van der Waals surface area contributed by atoms with Gasteiger partial charge in [-0.15, -0.1) is 11.3 Å². The van der Waals surface area contributed by atoms with Crippen LogP contribution in [-0.2, 0) is 17.9 Å². The normalized spacial score (nSPS) is 18.2. The molecule has 0 atom stereocenters. The molecule has 1 aromatic carbocycles. The molecule has 0 spiro atoms. The number of thiazole rings is 1. The molecule has 7 heteroatoms. The Labute approximate surface area is 189 Å². The molecule has 4 rings (SSSR count). The Morgan fingerprint density at radius 1 is 1.10 bits per heavy atom. The summed E-state index contributed by atoms with van der Waals surface area (Å²) >= 11 is 1.63. The van der Waals surface area contributed by atoms with Gasteiger partial charge in [-0.25, -0.2) is 4.98 Å². The number of carbonyl (C=O) groups is 1. The van der Waals surface area contributed by atoms with Crippen molar-refractivity contribution in [2.75, 3.05) is 20.2 Å². The third kappa shape index (κ3) is 6.20. The van der Waals surface area contributed by atoms with Crippen molar-refractivity contribution in [3.8, 4) is 11.5 Å². The highest BCUT2D eigenvalue weighted by Crippen LogP contribution is 2.26. The Morgan fingerprint density at radius 3 is 2.52 bits per heavy atom. The number of methoxy groups -OCH3 is 1. The van der Waals surface area contributed by atoms with Crippen LogP contribution >= 0.6 is 11.3 Å². The second kappa shape index (κ2) is 11.0. The van der Waals surface area contributed by atoms with E-state index in [2.05, 4.69) is 20.6 Å². The molecular weight excluding hydrogens is 410 g/mol. The van der Waals surface area contributed by atoms with Crippen molar-refractivity contribution in [2.24, 2.45) is 5.92 Å². The summed E-state index contributed by atoms with van der Waals surface area (Å²) in [6.07, 6.45) is 7.95. The van der Waals surface area contributed by atoms with Crippen LogP contribution < -0.4 is 14.8 Å². The van der Waals surface area contributed by atoms with Crippen molar-refractivity contribution in [3.63, 3.8) is 0 Å². The van der Waals surface area contributed by atoms with Crippen molar-refractivity contribution < 1.29 is 14.3 Å². The number of nitrogens with one attached hydrogen (secondary N) is 1. The van der Waals surface area contributed by atoms with Crippen molar-refractivity contribution in [1.29, 1.82) is 0 Å². The van der Waals surface area contributed by atoms with Gasteiger partial charge in [0.05, 0.1) is 12.8 Å². The lowest BCUT2D eigenvalue weighted by molar-refractivity contribution is -0.137. The van der Waals surface area contributed by atoms with Crippen LogP contribution in [0.2, 0.25) is 0 Å². The lowest BCUT2D eigenvalue weighted by Crippen LogP contribution is -2.46. The number of hydrogen-bond donors (Lipinski definition) is 1. The molecule has 2 aliphatic rings. The SMILES string of the molecule is COc1ccc(OCc2nc(CNC3CCN(C(=O)C4CCCCC4)CC3)cs2)cc1. The van der Waals surface area contributed by atoms with E-state index in [9.17, 15) is 4.79 Å². The number of benzene rings is 1. The van der Waals surface area contributed by atoms with E-state index in [1.165, 1.54) is 19.3 Å². The maximum atomic E-state index is 12.7.